The number of carboxylic acids is 1. The minimum atomic E-state index is -1.00. The van der Waals surface area contributed by atoms with Crippen LogP contribution in [-0.4, -0.2) is 76.9 Å². The number of nitrogens with zero attached hydrogens (tertiary/aromatic N) is 2. The predicted octanol–water partition coefficient (Wildman–Crippen LogP) is 2.25. The van der Waals surface area contributed by atoms with E-state index in [1.54, 1.807) is 29.2 Å². The molecule has 2 aromatic carbocycles. The van der Waals surface area contributed by atoms with E-state index in [1.807, 2.05) is 12.1 Å². The van der Waals surface area contributed by atoms with Crippen molar-refractivity contribution >= 4 is 34.3 Å². The fourth-order valence-corrected chi connectivity index (χ4v) is 4.76. The molecule has 2 heterocycles. The normalized spacial score (nSPS) is 19.9. The van der Waals surface area contributed by atoms with Crippen LogP contribution in [0.2, 0.25) is 0 Å². The minimum Gasteiger partial charge on any atom is -0.483 e. The Morgan fingerprint density at radius 3 is 1.76 bits per heavy atom. The van der Waals surface area contributed by atoms with Crippen molar-refractivity contribution in [2.45, 2.75) is 44.7 Å². The van der Waals surface area contributed by atoms with Crippen molar-refractivity contribution in [3.8, 4) is 11.5 Å². The third-order valence-electron chi connectivity index (χ3n) is 6.44. The molecule has 2 amide bonds. The number of carbonyl (C=O) groups is 4. The summed E-state index contributed by atoms with van der Waals surface area (Å²) >= 11 is 0. The maximum Gasteiger partial charge on any atom is 0.326 e. The highest BCUT2D eigenvalue weighted by Crippen LogP contribution is 2.32. The molecule has 0 spiro atoms. The number of likely N-dealkylation sites (tertiary alicyclic amines) is 2. The maximum atomic E-state index is 12.7. The van der Waals surface area contributed by atoms with Crippen LogP contribution in [0.1, 0.15) is 32.6 Å². The molecule has 2 saturated heterocycles. The number of hydrogen-bond acceptors (Lipinski definition) is 6. The molecule has 2 aliphatic rings. The lowest BCUT2D eigenvalue weighted by Crippen LogP contribution is -2.42. The number of carboxylic acid groups (broad SMARTS) is 1. The number of ketones is 1. The first-order valence-electron chi connectivity index (χ1n) is 11.5. The van der Waals surface area contributed by atoms with E-state index in [4.69, 9.17) is 9.47 Å². The summed E-state index contributed by atoms with van der Waals surface area (Å²) in [6, 6.07) is 9.48. The molecule has 34 heavy (non-hydrogen) atoms. The van der Waals surface area contributed by atoms with Crippen LogP contribution in [0, 0.1) is 0 Å². The predicted molar refractivity (Wildman–Crippen MR) is 123 cm³/mol. The molecule has 180 valence electrons. The highest BCUT2D eigenvalue weighted by Gasteiger charge is 2.34. The van der Waals surface area contributed by atoms with Gasteiger partial charge in [0, 0.05) is 23.9 Å². The van der Waals surface area contributed by atoms with Crippen molar-refractivity contribution < 1.29 is 33.8 Å². The number of fused-ring (bicyclic) bond motifs is 1. The summed E-state index contributed by atoms with van der Waals surface area (Å²) < 4.78 is 11.6. The Bertz CT molecular complexity index is 1030. The SMILES string of the molecule is CC(=O)[C@H]1CCCN1C(=O)COc1cccc2c(OCC(=O)N3CCC[C@@H]3C(=O)O)cccc12. The zero-order valence-corrected chi connectivity index (χ0v) is 19.1. The standard InChI is InChI=1S/C25H28N2O7/c1-16(28)19-8-4-12-26(19)23(29)14-33-21-10-2-7-18-17(21)6-3-11-22(18)34-15-24(30)27-13-5-9-20(27)25(31)32/h2-3,6-7,10-11,19-20H,4-5,8-9,12-15H2,1H3,(H,31,32)/t19-,20-/m1/s1. The molecule has 2 aliphatic heterocycles. The largest absolute Gasteiger partial charge is 0.483 e. The summed E-state index contributed by atoms with van der Waals surface area (Å²) in [7, 11) is 0. The smallest absolute Gasteiger partial charge is 0.326 e. The number of Topliss-reactive ketones (excluding diaryl/α,β-unsaturated/α-hetero) is 1. The molecule has 4 rings (SSSR count). The van der Waals surface area contributed by atoms with Crippen LogP contribution in [-0.2, 0) is 19.2 Å². The van der Waals surface area contributed by atoms with Gasteiger partial charge >= 0.3 is 5.97 Å². The van der Waals surface area contributed by atoms with Crippen molar-refractivity contribution in [2.24, 2.45) is 0 Å². The molecule has 0 aromatic heterocycles. The maximum absolute atomic E-state index is 12.7. The van der Waals surface area contributed by atoms with E-state index in [0.29, 0.717) is 49.2 Å². The van der Waals surface area contributed by atoms with Gasteiger partial charge in [-0.05, 0) is 44.7 Å². The summed E-state index contributed by atoms with van der Waals surface area (Å²) in [5.41, 5.74) is 0. The first-order chi connectivity index (χ1) is 16.4. The zero-order valence-electron chi connectivity index (χ0n) is 19.1. The summed E-state index contributed by atoms with van der Waals surface area (Å²) in [6.45, 7) is 2.00. The Labute approximate surface area is 197 Å². The lowest BCUT2D eigenvalue weighted by atomic mass is 10.1. The van der Waals surface area contributed by atoms with Gasteiger partial charge in [-0.2, -0.15) is 0 Å². The molecular weight excluding hydrogens is 440 g/mol. The number of hydrogen-bond donors (Lipinski definition) is 1. The van der Waals surface area contributed by atoms with Crippen LogP contribution in [0.15, 0.2) is 36.4 Å². The second-order valence-electron chi connectivity index (χ2n) is 8.62. The minimum absolute atomic E-state index is 0.0176. The first-order valence-corrected chi connectivity index (χ1v) is 11.5. The number of aliphatic carboxylic acids is 1. The summed E-state index contributed by atoms with van der Waals surface area (Å²) in [4.78, 5) is 51.3. The van der Waals surface area contributed by atoms with Gasteiger partial charge in [-0.1, -0.05) is 24.3 Å². The molecule has 0 radical (unpaired) electrons. The van der Waals surface area contributed by atoms with Gasteiger partial charge in [-0.15, -0.1) is 0 Å². The van der Waals surface area contributed by atoms with Crippen LogP contribution in [0.25, 0.3) is 10.8 Å². The van der Waals surface area contributed by atoms with Crippen LogP contribution < -0.4 is 9.47 Å². The van der Waals surface area contributed by atoms with E-state index < -0.39 is 12.0 Å². The number of benzene rings is 2. The second kappa shape index (κ2) is 10.1. The van der Waals surface area contributed by atoms with Crippen molar-refractivity contribution in [2.75, 3.05) is 26.3 Å². The topological polar surface area (TPSA) is 113 Å². The van der Waals surface area contributed by atoms with Crippen LogP contribution in [0.4, 0.5) is 0 Å². The van der Waals surface area contributed by atoms with Crippen molar-refractivity contribution in [1.29, 1.82) is 0 Å². The van der Waals surface area contributed by atoms with Crippen molar-refractivity contribution in [1.82, 2.24) is 9.80 Å². The average Bonchev–Trinajstić information content (AvgIpc) is 3.51. The molecular formula is C25H28N2O7. The van der Waals surface area contributed by atoms with E-state index in [1.165, 1.54) is 11.8 Å². The summed E-state index contributed by atoms with van der Waals surface area (Å²) in [5, 5.41) is 10.7. The van der Waals surface area contributed by atoms with E-state index in [2.05, 4.69) is 0 Å². The molecule has 2 atom stereocenters. The lowest BCUT2D eigenvalue weighted by Gasteiger charge is -2.23. The van der Waals surface area contributed by atoms with E-state index in [0.717, 1.165) is 11.8 Å². The van der Waals surface area contributed by atoms with Crippen molar-refractivity contribution in [3.63, 3.8) is 0 Å². The summed E-state index contributed by atoms with van der Waals surface area (Å²) in [6.07, 6.45) is 2.58. The molecule has 2 aromatic rings. The fourth-order valence-electron chi connectivity index (χ4n) is 4.76. The monoisotopic (exact) mass is 468 g/mol. The van der Waals surface area contributed by atoms with Gasteiger partial charge in [0.15, 0.2) is 19.0 Å². The lowest BCUT2D eigenvalue weighted by molar-refractivity contribution is -0.148. The first kappa shape index (κ1) is 23.5. The van der Waals surface area contributed by atoms with Crippen molar-refractivity contribution in [3.05, 3.63) is 36.4 Å². The summed E-state index contributed by atoms with van der Waals surface area (Å²) in [5.74, 6) is -0.666. The molecule has 9 nitrogen and oxygen atoms in total. The Balaban J connectivity index is 1.44. The number of carbonyl (C=O) groups excluding carboxylic acids is 3. The Morgan fingerprint density at radius 1 is 0.824 bits per heavy atom. The molecule has 9 heteroatoms. The zero-order chi connectivity index (χ0) is 24.2. The highest BCUT2D eigenvalue weighted by molar-refractivity contribution is 5.94. The van der Waals surface area contributed by atoms with Gasteiger partial charge < -0.3 is 24.4 Å². The molecule has 0 unspecified atom stereocenters. The number of rotatable bonds is 8. The van der Waals surface area contributed by atoms with E-state index in [-0.39, 0.29) is 36.9 Å². The quantitative estimate of drug-likeness (QED) is 0.632. The number of ether oxygens (including phenoxy) is 2. The van der Waals surface area contributed by atoms with Gasteiger partial charge in [0.1, 0.15) is 17.5 Å². The van der Waals surface area contributed by atoms with Crippen LogP contribution in [0.3, 0.4) is 0 Å². The van der Waals surface area contributed by atoms with E-state index in [9.17, 15) is 24.3 Å². The van der Waals surface area contributed by atoms with Gasteiger partial charge in [-0.3, -0.25) is 14.4 Å². The molecule has 0 saturated carbocycles. The van der Waals surface area contributed by atoms with Gasteiger partial charge in [0.25, 0.3) is 11.8 Å². The molecule has 2 fully saturated rings. The third-order valence-corrected chi connectivity index (χ3v) is 6.44. The Hall–Kier alpha value is -3.62. The molecule has 0 aliphatic carbocycles. The van der Waals surface area contributed by atoms with Crippen LogP contribution in [0.5, 0.6) is 11.5 Å². The van der Waals surface area contributed by atoms with E-state index >= 15 is 0 Å². The highest BCUT2D eigenvalue weighted by atomic mass is 16.5. The second-order valence-corrected chi connectivity index (χ2v) is 8.62. The van der Waals surface area contributed by atoms with Gasteiger partial charge in [0.2, 0.25) is 0 Å². The third kappa shape index (κ3) is 4.83. The molecule has 1 N–H and O–H groups in total. The van der Waals surface area contributed by atoms with Crippen LogP contribution >= 0.6 is 0 Å². The van der Waals surface area contributed by atoms with Gasteiger partial charge in [0.05, 0.1) is 6.04 Å². The molecule has 0 bridgehead atoms. The van der Waals surface area contributed by atoms with Gasteiger partial charge in [-0.25, -0.2) is 4.79 Å². The Morgan fingerprint density at radius 2 is 1.29 bits per heavy atom. The number of amides is 2. The fraction of sp³-hybridized carbons (Fsp3) is 0.440. The Kier molecular flexibility index (Phi) is 7.00. The average molecular weight is 469 g/mol.